The highest BCUT2D eigenvalue weighted by Crippen LogP contribution is 2.11. The van der Waals surface area contributed by atoms with Gasteiger partial charge in [0.25, 0.3) is 0 Å². The standard InChI is InChI=1S/C6H12N2OS/c1-8-4-5(10-3)6(7)9-2/h4H,7H2,1-3H3/b6-5-,8-4?. The molecule has 0 aromatic carbocycles. The number of hydrogen-bond donors (Lipinski definition) is 1. The van der Waals surface area contributed by atoms with Gasteiger partial charge in [-0.05, 0) is 6.26 Å². The molecule has 0 fully saturated rings. The normalized spacial score (nSPS) is 13.5. The largest absolute Gasteiger partial charge is 0.482 e. The van der Waals surface area contributed by atoms with Crippen LogP contribution in [0.4, 0.5) is 0 Å². The van der Waals surface area contributed by atoms with Gasteiger partial charge < -0.3 is 10.5 Å². The van der Waals surface area contributed by atoms with E-state index in [0.717, 1.165) is 4.91 Å². The molecule has 4 heteroatoms. The minimum absolute atomic E-state index is 0.415. The third-order valence-electron chi connectivity index (χ3n) is 0.929. The van der Waals surface area contributed by atoms with E-state index < -0.39 is 0 Å². The SMILES string of the molecule is CN=C/C(SC)=C(\N)OC. The highest BCUT2D eigenvalue weighted by molar-refractivity contribution is 8.03. The van der Waals surface area contributed by atoms with Crippen molar-refractivity contribution in [3.8, 4) is 0 Å². The van der Waals surface area contributed by atoms with Gasteiger partial charge in [-0.3, -0.25) is 4.99 Å². The first kappa shape index (κ1) is 9.36. The zero-order chi connectivity index (χ0) is 7.98. The Balaban J connectivity index is 4.29. The van der Waals surface area contributed by atoms with Gasteiger partial charge in [0.1, 0.15) is 0 Å². The third kappa shape index (κ3) is 2.77. The average Bonchev–Trinajstić information content (AvgIpc) is 1.99. The second-order valence-corrected chi connectivity index (χ2v) is 2.37. The summed E-state index contributed by atoms with van der Waals surface area (Å²) < 4.78 is 4.80. The van der Waals surface area contributed by atoms with Crippen LogP contribution in [-0.4, -0.2) is 26.6 Å². The predicted octanol–water partition coefficient (Wildman–Crippen LogP) is 0.824. The number of hydrogen-bond acceptors (Lipinski definition) is 4. The van der Waals surface area contributed by atoms with Gasteiger partial charge >= 0.3 is 0 Å². The summed E-state index contributed by atoms with van der Waals surface area (Å²) in [6.45, 7) is 0. The van der Waals surface area contributed by atoms with E-state index in [1.807, 2.05) is 6.26 Å². The Morgan fingerprint density at radius 3 is 2.60 bits per heavy atom. The Morgan fingerprint density at radius 2 is 2.30 bits per heavy atom. The van der Waals surface area contributed by atoms with Crippen molar-refractivity contribution in [3.05, 3.63) is 10.8 Å². The quantitative estimate of drug-likeness (QED) is 0.491. The molecule has 0 aliphatic heterocycles. The molecule has 0 radical (unpaired) electrons. The molecular formula is C6H12N2OS. The molecule has 2 N–H and O–H groups in total. The number of thioether (sulfide) groups is 1. The van der Waals surface area contributed by atoms with E-state index >= 15 is 0 Å². The third-order valence-corrected chi connectivity index (χ3v) is 1.68. The van der Waals surface area contributed by atoms with E-state index in [1.54, 1.807) is 13.3 Å². The first-order valence-electron chi connectivity index (χ1n) is 2.76. The van der Waals surface area contributed by atoms with Crippen LogP contribution in [0.3, 0.4) is 0 Å². The molecule has 0 saturated heterocycles. The fraction of sp³-hybridized carbons (Fsp3) is 0.500. The number of aliphatic imine (C=N–C) groups is 1. The molecule has 0 rings (SSSR count). The summed E-state index contributed by atoms with van der Waals surface area (Å²) >= 11 is 1.51. The topological polar surface area (TPSA) is 47.6 Å². The molecule has 0 aliphatic rings. The summed E-state index contributed by atoms with van der Waals surface area (Å²) in [4.78, 5) is 4.66. The number of ether oxygens (including phenoxy) is 1. The molecular weight excluding hydrogens is 148 g/mol. The molecule has 0 aliphatic carbocycles. The Kier molecular flexibility index (Phi) is 4.84. The fourth-order valence-corrected chi connectivity index (χ4v) is 0.930. The molecule has 0 aromatic heterocycles. The van der Waals surface area contributed by atoms with Gasteiger partial charge in [0.2, 0.25) is 0 Å². The highest BCUT2D eigenvalue weighted by Gasteiger charge is 1.96. The van der Waals surface area contributed by atoms with Crippen LogP contribution in [0.25, 0.3) is 0 Å². The zero-order valence-corrected chi connectivity index (χ0v) is 7.23. The van der Waals surface area contributed by atoms with Crippen LogP contribution >= 0.6 is 11.8 Å². The Labute approximate surface area is 65.3 Å². The molecule has 0 spiro atoms. The van der Waals surface area contributed by atoms with E-state index in [1.165, 1.54) is 18.9 Å². The summed E-state index contributed by atoms with van der Waals surface area (Å²) in [6, 6.07) is 0. The number of methoxy groups -OCH3 is 1. The summed E-state index contributed by atoms with van der Waals surface area (Å²) in [6.07, 6.45) is 3.59. The van der Waals surface area contributed by atoms with Crippen molar-refractivity contribution in [2.75, 3.05) is 20.4 Å². The maximum absolute atomic E-state index is 5.46. The van der Waals surface area contributed by atoms with Gasteiger partial charge in [0.05, 0.1) is 12.0 Å². The molecule has 0 saturated carbocycles. The van der Waals surface area contributed by atoms with E-state index in [2.05, 4.69) is 4.99 Å². The monoisotopic (exact) mass is 160 g/mol. The minimum atomic E-state index is 0.415. The van der Waals surface area contributed by atoms with E-state index in [-0.39, 0.29) is 0 Å². The van der Waals surface area contributed by atoms with Crippen LogP contribution in [0.5, 0.6) is 0 Å². The minimum Gasteiger partial charge on any atom is -0.482 e. The lowest BCUT2D eigenvalue weighted by atomic mass is 10.6. The lowest BCUT2D eigenvalue weighted by Gasteiger charge is -2.01. The zero-order valence-electron chi connectivity index (χ0n) is 6.42. The first-order valence-corrected chi connectivity index (χ1v) is 3.98. The number of nitrogens with zero attached hydrogens (tertiary/aromatic N) is 1. The molecule has 0 aromatic rings. The molecule has 0 heterocycles. The van der Waals surface area contributed by atoms with Gasteiger partial charge in [-0.1, -0.05) is 0 Å². The lowest BCUT2D eigenvalue weighted by Crippen LogP contribution is -2.03. The van der Waals surface area contributed by atoms with Gasteiger partial charge in [0.15, 0.2) is 5.88 Å². The maximum atomic E-state index is 5.46. The van der Waals surface area contributed by atoms with Crippen LogP contribution in [-0.2, 0) is 4.74 Å². The van der Waals surface area contributed by atoms with Crippen LogP contribution in [0.2, 0.25) is 0 Å². The van der Waals surface area contributed by atoms with Gasteiger partial charge in [-0.2, -0.15) is 0 Å². The molecule has 0 bridgehead atoms. The van der Waals surface area contributed by atoms with Crippen molar-refractivity contribution in [1.82, 2.24) is 0 Å². The molecule has 3 nitrogen and oxygen atoms in total. The second kappa shape index (κ2) is 5.17. The van der Waals surface area contributed by atoms with Crippen molar-refractivity contribution in [2.45, 2.75) is 0 Å². The van der Waals surface area contributed by atoms with E-state index in [0.29, 0.717) is 5.88 Å². The van der Waals surface area contributed by atoms with Crippen LogP contribution < -0.4 is 5.73 Å². The smallest absolute Gasteiger partial charge is 0.199 e. The molecule has 0 amide bonds. The first-order chi connectivity index (χ1) is 4.76. The van der Waals surface area contributed by atoms with Crippen LogP contribution in [0, 0.1) is 0 Å². The van der Waals surface area contributed by atoms with Gasteiger partial charge in [-0.25, -0.2) is 0 Å². The number of nitrogens with two attached hydrogens (primary N) is 1. The molecule has 0 unspecified atom stereocenters. The van der Waals surface area contributed by atoms with Crippen molar-refractivity contribution in [1.29, 1.82) is 0 Å². The van der Waals surface area contributed by atoms with Crippen LogP contribution in [0.15, 0.2) is 15.8 Å². The fourth-order valence-electron chi connectivity index (χ4n) is 0.435. The van der Waals surface area contributed by atoms with Gasteiger partial charge in [0, 0.05) is 13.3 Å². The molecule has 10 heavy (non-hydrogen) atoms. The van der Waals surface area contributed by atoms with Crippen molar-refractivity contribution >= 4 is 18.0 Å². The van der Waals surface area contributed by atoms with E-state index in [4.69, 9.17) is 10.5 Å². The summed E-state index contributed by atoms with van der Waals surface area (Å²) in [5, 5.41) is 0. The maximum Gasteiger partial charge on any atom is 0.199 e. The second-order valence-electron chi connectivity index (χ2n) is 1.52. The van der Waals surface area contributed by atoms with Crippen molar-refractivity contribution in [3.63, 3.8) is 0 Å². The van der Waals surface area contributed by atoms with E-state index in [9.17, 15) is 0 Å². The van der Waals surface area contributed by atoms with Crippen LogP contribution in [0.1, 0.15) is 0 Å². The molecule has 58 valence electrons. The highest BCUT2D eigenvalue weighted by atomic mass is 32.2. The number of allylic oxidation sites excluding steroid dienone is 1. The molecule has 0 atom stereocenters. The summed E-state index contributed by atoms with van der Waals surface area (Å²) in [5.74, 6) is 0.415. The Morgan fingerprint density at radius 1 is 1.70 bits per heavy atom. The Hall–Kier alpha value is -0.640. The number of rotatable bonds is 3. The van der Waals surface area contributed by atoms with Crippen molar-refractivity contribution < 1.29 is 4.74 Å². The summed E-state index contributed by atoms with van der Waals surface area (Å²) in [7, 11) is 3.23. The van der Waals surface area contributed by atoms with Gasteiger partial charge in [-0.15, -0.1) is 11.8 Å². The summed E-state index contributed by atoms with van der Waals surface area (Å²) in [5.41, 5.74) is 5.46. The predicted molar refractivity (Wildman–Crippen MR) is 46.2 cm³/mol. The van der Waals surface area contributed by atoms with Crippen molar-refractivity contribution in [2.24, 2.45) is 10.7 Å². The average molecular weight is 160 g/mol. The lowest BCUT2D eigenvalue weighted by molar-refractivity contribution is 0.287. The Bertz CT molecular complexity index is 154.